The summed E-state index contributed by atoms with van der Waals surface area (Å²) in [4.78, 5) is -0.0191. The zero-order valence-corrected chi connectivity index (χ0v) is 8.75. The summed E-state index contributed by atoms with van der Waals surface area (Å²) in [5, 5.41) is 5.94. The zero-order valence-electron chi connectivity index (χ0n) is 7.93. The number of ether oxygens (including phenoxy) is 1. The summed E-state index contributed by atoms with van der Waals surface area (Å²) in [5.74, 6) is 0.0430. The Balaban J connectivity index is 2.16. The molecule has 15 heavy (non-hydrogen) atoms. The van der Waals surface area contributed by atoms with Gasteiger partial charge in [0, 0.05) is 12.6 Å². The molecule has 2 rings (SSSR count). The van der Waals surface area contributed by atoms with Gasteiger partial charge in [-0.1, -0.05) is 0 Å². The van der Waals surface area contributed by atoms with E-state index >= 15 is 0 Å². The Morgan fingerprint density at radius 2 is 2.47 bits per heavy atom. The maximum Gasteiger partial charge on any atom is 0.246 e. The van der Waals surface area contributed by atoms with Crippen LogP contribution in [0.5, 0.6) is 0 Å². The molecule has 1 aliphatic heterocycles. The molecule has 1 atom stereocenters. The molecule has 1 unspecified atom stereocenters. The fraction of sp³-hybridized carbons (Fsp3) is 0.571. The van der Waals surface area contributed by atoms with Gasteiger partial charge in [0.2, 0.25) is 10.0 Å². The molecule has 0 bridgehead atoms. The van der Waals surface area contributed by atoms with Gasteiger partial charge in [-0.15, -0.1) is 0 Å². The van der Waals surface area contributed by atoms with Crippen LogP contribution in [0.15, 0.2) is 11.1 Å². The van der Waals surface area contributed by atoms with E-state index in [0.717, 1.165) is 0 Å². The third-order valence-corrected chi connectivity index (χ3v) is 3.72. The summed E-state index contributed by atoms with van der Waals surface area (Å²) < 4.78 is 31.1. The Morgan fingerprint density at radius 3 is 3.00 bits per heavy atom. The lowest BCUT2D eigenvalue weighted by Gasteiger charge is -2.09. The molecule has 0 spiro atoms. The molecule has 8 heteroatoms. The van der Waals surface area contributed by atoms with Crippen LogP contribution in [0.3, 0.4) is 0 Å². The first-order valence-corrected chi connectivity index (χ1v) is 5.97. The van der Waals surface area contributed by atoms with E-state index < -0.39 is 10.0 Å². The number of rotatable bonds is 3. The summed E-state index contributed by atoms with van der Waals surface area (Å²) in [6.07, 6.45) is 1.87. The van der Waals surface area contributed by atoms with Crippen LogP contribution in [-0.4, -0.2) is 37.9 Å². The highest BCUT2D eigenvalue weighted by atomic mass is 32.2. The lowest BCUT2D eigenvalue weighted by molar-refractivity contribution is 0.192. The van der Waals surface area contributed by atoms with Gasteiger partial charge in [0.15, 0.2) is 0 Å². The molecule has 0 saturated carbocycles. The fourth-order valence-electron chi connectivity index (χ4n) is 1.41. The minimum absolute atomic E-state index is 0.0191. The number of sulfonamides is 1. The number of hydrogen-bond donors (Lipinski definition) is 3. The summed E-state index contributed by atoms with van der Waals surface area (Å²) in [7, 11) is -3.58. The number of aromatic nitrogens is 2. The second-order valence-electron chi connectivity index (χ2n) is 3.33. The Kier molecular flexibility index (Phi) is 2.63. The van der Waals surface area contributed by atoms with Crippen molar-refractivity contribution in [1.29, 1.82) is 0 Å². The number of nitrogen functional groups attached to an aromatic ring is 1. The van der Waals surface area contributed by atoms with E-state index in [-0.39, 0.29) is 16.8 Å². The van der Waals surface area contributed by atoms with Crippen molar-refractivity contribution in [3.05, 3.63) is 6.20 Å². The van der Waals surface area contributed by atoms with Gasteiger partial charge in [0.05, 0.1) is 12.8 Å². The van der Waals surface area contributed by atoms with E-state index in [1.165, 1.54) is 6.20 Å². The van der Waals surface area contributed by atoms with Crippen LogP contribution in [0.25, 0.3) is 0 Å². The van der Waals surface area contributed by atoms with Crippen LogP contribution in [0.1, 0.15) is 6.42 Å². The van der Waals surface area contributed by atoms with Crippen LogP contribution >= 0.6 is 0 Å². The monoisotopic (exact) mass is 232 g/mol. The highest BCUT2D eigenvalue weighted by Crippen LogP contribution is 2.15. The van der Waals surface area contributed by atoms with Crippen molar-refractivity contribution in [2.24, 2.45) is 0 Å². The second kappa shape index (κ2) is 3.80. The molecular formula is C7H12N4O3S. The molecule has 0 aliphatic carbocycles. The van der Waals surface area contributed by atoms with Gasteiger partial charge in [-0.05, 0) is 6.42 Å². The lowest BCUT2D eigenvalue weighted by atomic mass is 10.3. The second-order valence-corrected chi connectivity index (χ2v) is 5.01. The molecule has 84 valence electrons. The van der Waals surface area contributed by atoms with Gasteiger partial charge in [-0.25, -0.2) is 13.1 Å². The van der Waals surface area contributed by atoms with Gasteiger partial charge >= 0.3 is 0 Å². The number of nitrogens with zero attached hydrogens (tertiary/aromatic N) is 1. The Labute approximate surface area is 87.0 Å². The van der Waals surface area contributed by atoms with Crippen LogP contribution < -0.4 is 10.5 Å². The smallest absolute Gasteiger partial charge is 0.246 e. The first kappa shape index (κ1) is 10.4. The van der Waals surface area contributed by atoms with Crippen molar-refractivity contribution in [1.82, 2.24) is 14.9 Å². The normalized spacial score (nSPS) is 22.0. The molecule has 1 aromatic rings. The molecule has 1 aliphatic rings. The average molecular weight is 232 g/mol. The minimum atomic E-state index is -3.58. The average Bonchev–Trinajstić information content (AvgIpc) is 2.75. The van der Waals surface area contributed by atoms with Crippen LogP contribution in [0, 0.1) is 0 Å². The molecule has 0 aromatic carbocycles. The quantitative estimate of drug-likeness (QED) is 0.623. The molecule has 1 fully saturated rings. The number of H-pyrrole nitrogens is 1. The van der Waals surface area contributed by atoms with Gasteiger partial charge in [-0.3, -0.25) is 5.10 Å². The van der Waals surface area contributed by atoms with Crippen LogP contribution in [-0.2, 0) is 14.8 Å². The van der Waals surface area contributed by atoms with Gasteiger partial charge < -0.3 is 10.5 Å². The predicted octanol–water partition coefficient (Wildman–Crippen LogP) is -0.941. The maximum absolute atomic E-state index is 11.8. The molecule has 7 nitrogen and oxygen atoms in total. The molecule has 0 amide bonds. The Morgan fingerprint density at radius 1 is 1.67 bits per heavy atom. The third-order valence-electron chi connectivity index (χ3n) is 2.17. The van der Waals surface area contributed by atoms with E-state index in [4.69, 9.17) is 10.5 Å². The van der Waals surface area contributed by atoms with Gasteiger partial charge in [0.25, 0.3) is 0 Å². The summed E-state index contributed by atoms with van der Waals surface area (Å²) in [5.41, 5.74) is 5.43. The van der Waals surface area contributed by atoms with Crippen molar-refractivity contribution in [2.75, 3.05) is 18.9 Å². The SMILES string of the molecule is Nc1[nH]ncc1S(=O)(=O)NC1CCOC1. The number of aromatic amines is 1. The molecule has 1 aromatic heterocycles. The van der Waals surface area contributed by atoms with Gasteiger partial charge in [0.1, 0.15) is 10.7 Å². The van der Waals surface area contributed by atoms with E-state index in [1.807, 2.05) is 0 Å². The summed E-state index contributed by atoms with van der Waals surface area (Å²) in [6.45, 7) is 0.977. The molecular weight excluding hydrogens is 220 g/mol. The molecule has 2 heterocycles. The van der Waals surface area contributed by atoms with Crippen molar-refractivity contribution >= 4 is 15.8 Å². The molecule has 1 saturated heterocycles. The van der Waals surface area contributed by atoms with E-state index in [1.54, 1.807) is 0 Å². The highest BCUT2D eigenvalue weighted by molar-refractivity contribution is 7.89. The van der Waals surface area contributed by atoms with E-state index in [9.17, 15) is 8.42 Å². The first-order valence-electron chi connectivity index (χ1n) is 4.48. The number of anilines is 1. The summed E-state index contributed by atoms with van der Waals surface area (Å²) >= 11 is 0. The standard InChI is InChI=1S/C7H12N4O3S/c8-7-6(3-9-10-7)15(12,13)11-5-1-2-14-4-5/h3,5,11H,1-2,4H2,(H3,8,9,10). The van der Waals surface area contributed by atoms with E-state index in [0.29, 0.717) is 19.6 Å². The number of hydrogen-bond acceptors (Lipinski definition) is 5. The van der Waals surface area contributed by atoms with Crippen molar-refractivity contribution in [3.63, 3.8) is 0 Å². The Hall–Kier alpha value is -1.12. The van der Waals surface area contributed by atoms with Crippen LogP contribution in [0.4, 0.5) is 5.82 Å². The van der Waals surface area contributed by atoms with Crippen LogP contribution in [0.2, 0.25) is 0 Å². The highest BCUT2D eigenvalue weighted by Gasteiger charge is 2.25. The fourth-order valence-corrected chi connectivity index (χ4v) is 2.69. The first-order chi connectivity index (χ1) is 7.09. The molecule has 0 radical (unpaired) electrons. The van der Waals surface area contributed by atoms with Crippen molar-refractivity contribution in [2.45, 2.75) is 17.4 Å². The maximum atomic E-state index is 11.8. The number of nitrogens with one attached hydrogen (secondary N) is 2. The minimum Gasteiger partial charge on any atom is -0.383 e. The molecule has 4 N–H and O–H groups in total. The lowest BCUT2D eigenvalue weighted by Crippen LogP contribution is -2.35. The number of nitrogens with two attached hydrogens (primary N) is 1. The summed E-state index contributed by atoms with van der Waals surface area (Å²) in [6, 6.07) is -0.177. The van der Waals surface area contributed by atoms with Gasteiger partial charge in [-0.2, -0.15) is 5.10 Å². The zero-order chi connectivity index (χ0) is 10.9. The largest absolute Gasteiger partial charge is 0.383 e. The Bertz CT molecular complexity index is 435. The van der Waals surface area contributed by atoms with Crippen molar-refractivity contribution in [3.8, 4) is 0 Å². The van der Waals surface area contributed by atoms with Crippen molar-refractivity contribution < 1.29 is 13.2 Å². The predicted molar refractivity (Wildman–Crippen MR) is 52.5 cm³/mol. The topological polar surface area (TPSA) is 110 Å². The third kappa shape index (κ3) is 2.11. The van der Waals surface area contributed by atoms with E-state index in [2.05, 4.69) is 14.9 Å².